The Kier molecular flexibility index (Phi) is 6.89. The number of aliphatic hydroxyl groups excluding tert-OH is 2. The van der Waals surface area contributed by atoms with Gasteiger partial charge >= 0.3 is 0 Å². The zero-order valence-corrected chi connectivity index (χ0v) is 14.8. The Labute approximate surface area is 152 Å². The van der Waals surface area contributed by atoms with Crippen LogP contribution >= 0.6 is 0 Å². The quantitative estimate of drug-likeness (QED) is 0.669. The predicted molar refractivity (Wildman–Crippen MR) is 98.1 cm³/mol. The maximum absolute atomic E-state index is 12.3. The van der Waals surface area contributed by atoms with Crippen LogP contribution in [0, 0.1) is 0 Å². The molecule has 6 nitrogen and oxygen atoms in total. The van der Waals surface area contributed by atoms with E-state index in [1.165, 1.54) is 6.92 Å². The maximum atomic E-state index is 12.3. The van der Waals surface area contributed by atoms with Crippen molar-refractivity contribution in [3.63, 3.8) is 0 Å². The summed E-state index contributed by atoms with van der Waals surface area (Å²) >= 11 is 0. The smallest absolute Gasteiger partial charge is 0.251 e. The Hall–Kier alpha value is -2.70. The van der Waals surface area contributed by atoms with E-state index in [4.69, 9.17) is 9.84 Å². The molecule has 6 heteroatoms. The summed E-state index contributed by atoms with van der Waals surface area (Å²) in [6.07, 6.45) is -1.10. The van der Waals surface area contributed by atoms with Crippen LogP contribution in [0.25, 0.3) is 11.1 Å². The molecule has 0 spiro atoms. The van der Waals surface area contributed by atoms with E-state index in [2.05, 4.69) is 5.32 Å². The Morgan fingerprint density at radius 1 is 1.04 bits per heavy atom. The van der Waals surface area contributed by atoms with Crippen molar-refractivity contribution in [1.82, 2.24) is 5.32 Å². The lowest BCUT2D eigenvalue weighted by Crippen LogP contribution is -2.48. The molecular weight excluding hydrogens is 334 g/mol. The molecule has 0 aromatic heterocycles. The van der Waals surface area contributed by atoms with Crippen molar-refractivity contribution in [2.24, 2.45) is 0 Å². The van der Waals surface area contributed by atoms with Crippen LogP contribution in [-0.4, -0.2) is 47.3 Å². The van der Waals surface area contributed by atoms with Gasteiger partial charge in [0.25, 0.3) is 5.91 Å². The van der Waals surface area contributed by atoms with Crippen molar-refractivity contribution in [3.8, 4) is 16.9 Å². The van der Waals surface area contributed by atoms with Gasteiger partial charge in [-0.1, -0.05) is 24.3 Å². The Morgan fingerprint density at radius 2 is 1.58 bits per heavy atom. The van der Waals surface area contributed by atoms with Gasteiger partial charge in [-0.25, -0.2) is 0 Å². The number of carbonyl (C=O) groups is 2. The summed E-state index contributed by atoms with van der Waals surface area (Å²) in [5, 5.41) is 21.0. The Balaban J connectivity index is 2.10. The first-order valence-electron chi connectivity index (χ1n) is 8.42. The second-order valence-electron chi connectivity index (χ2n) is 5.85. The predicted octanol–water partition coefficient (Wildman–Crippen LogP) is 1.79. The van der Waals surface area contributed by atoms with Crippen molar-refractivity contribution >= 4 is 11.7 Å². The molecule has 0 aliphatic rings. The number of hydrogen-bond acceptors (Lipinski definition) is 5. The van der Waals surface area contributed by atoms with E-state index in [0.29, 0.717) is 12.2 Å². The summed E-state index contributed by atoms with van der Waals surface area (Å²) in [6.45, 7) is 3.17. The first-order valence-corrected chi connectivity index (χ1v) is 8.42. The van der Waals surface area contributed by atoms with E-state index in [9.17, 15) is 14.7 Å². The van der Waals surface area contributed by atoms with Gasteiger partial charge in [0.1, 0.15) is 18.4 Å². The maximum Gasteiger partial charge on any atom is 0.251 e. The monoisotopic (exact) mass is 357 g/mol. The van der Waals surface area contributed by atoms with Crippen LogP contribution in [-0.2, 0) is 4.79 Å². The number of carbonyl (C=O) groups excluding carboxylic acids is 2. The number of hydrogen-bond donors (Lipinski definition) is 3. The van der Waals surface area contributed by atoms with Crippen LogP contribution in [0.4, 0.5) is 0 Å². The Morgan fingerprint density at radius 3 is 2.04 bits per heavy atom. The standard InChI is InChI=1S/C20H23NO5/c1-3-26-17-10-8-15(9-11-17)14-4-6-16(7-5-14)20(25)21-19(13(2)23)18(24)12-22/h4-11,13,19,22-23H,3,12H2,1-2H3,(H,21,25)/t13-,19+/m1/s1. The minimum absolute atomic E-state index is 0.357. The van der Waals surface area contributed by atoms with Gasteiger partial charge in [0.15, 0.2) is 5.78 Å². The van der Waals surface area contributed by atoms with Crippen molar-refractivity contribution in [1.29, 1.82) is 0 Å². The van der Waals surface area contributed by atoms with Gasteiger partial charge in [0.05, 0.1) is 12.7 Å². The number of ketones is 1. The molecule has 0 saturated carbocycles. The van der Waals surface area contributed by atoms with Crippen LogP contribution in [0.1, 0.15) is 24.2 Å². The van der Waals surface area contributed by atoms with Crippen LogP contribution < -0.4 is 10.1 Å². The summed E-state index contributed by atoms with van der Waals surface area (Å²) in [4.78, 5) is 23.9. The number of rotatable bonds is 8. The van der Waals surface area contributed by atoms with E-state index >= 15 is 0 Å². The minimum Gasteiger partial charge on any atom is -0.494 e. The van der Waals surface area contributed by atoms with Gasteiger partial charge in [-0.2, -0.15) is 0 Å². The number of Topliss-reactive ketones (excluding diaryl/α,β-unsaturated/α-hetero) is 1. The molecule has 3 N–H and O–H groups in total. The highest BCUT2D eigenvalue weighted by Crippen LogP contribution is 2.23. The second kappa shape index (κ2) is 9.12. The largest absolute Gasteiger partial charge is 0.494 e. The molecule has 0 radical (unpaired) electrons. The molecule has 2 atom stereocenters. The third-order valence-electron chi connectivity index (χ3n) is 3.92. The van der Waals surface area contributed by atoms with Gasteiger partial charge in [-0.15, -0.1) is 0 Å². The van der Waals surface area contributed by atoms with Gasteiger partial charge in [0.2, 0.25) is 0 Å². The average molecular weight is 357 g/mol. The third kappa shape index (κ3) is 4.91. The number of benzene rings is 2. The lowest BCUT2D eigenvalue weighted by Gasteiger charge is -2.19. The fourth-order valence-corrected chi connectivity index (χ4v) is 2.52. The van der Waals surface area contributed by atoms with Crippen LogP contribution in [0.5, 0.6) is 5.75 Å². The van der Waals surface area contributed by atoms with E-state index < -0.39 is 30.4 Å². The molecule has 2 aromatic rings. The van der Waals surface area contributed by atoms with Crippen LogP contribution in [0.15, 0.2) is 48.5 Å². The number of ether oxygens (including phenoxy) is 1. The molecule has 138 valence electrons. The van der Waals surface area contributed by atoms with Gasteiger partial charge in [-0.3, -0.25) is 9.59 Å². The molecule has 0 heterocycles. The second-order valence-corrected chi connectivity index (χ2v) is 5.85. The highest BCUT2D eigenvalue weighted by Gasteiger charge is 2.25. The topological polar surface area (TPSA) is 95.9 Å². The number of nitrogens with one attached hydrogen (secondary N) is 1. The molecule has 0 unspecified atom stereocenters. The molecule has 2 aromatic carbocycles. The lowest BCUT2D eigenvalue weighted by molar-refractivity contribution is -0.125. The molecule has 26 heavy (non-hydrogen) atoms. The lowest BCUT2D eigenvalue weighted by atomic mass is 10.0. The number of amides is 1. The normalized spacial score (nSPS) is 12.9. The van der Waals surface area contributed by atoms with E-state index in [-0.39, 0.29) is 0 Å². The fraction of sp³-hybridized carbons (Fsp3) is 0.300. The molecule has 0 aliphatic carbocycles. The molecule has 0 bridgehead atoms. The van der Waals surface area contributed by atoms with Crippen LogP contribution in [0.2, 0.25) is 0 Å². The summed E-state index contributed by atoms with van der Waals surface area (Å²) in [5.74, 6) is -0.333. The number of aliphatic hydroxyl groups is 2. The van der Waals surface area contributed by atoms with Crippen molar-refractivity contribution in [2.75, 3.05) is 13.2 Å². The highest BCUT2D eigenvalue weighted by molar-refractivity contribution is 5.98. The highest BCUT2D eigenvalue weighted by atomic mass is 16.5. The van der Waals surface area contributed by atoms with E-state index in [1.54, 1.807) is 24.3 Å². The SMILES string of the molecule is CCOc1ccc(-c2ccc(C(=O)N[C@H](C(=O)CO)[C@@H](C)O)cc2)cc1. The molecule has 2 rings (SSSR count). The minimum atomic E-state index is -1.14. The first kappa shape index (κ1) is 19.6. The van der Waals surface area contributed by atoms with Crippen molar-refractivity contribution < 1.29 is 24.5 Å². The zero-order chi connectivity index (χ0) is 19.1. The molecule has 0 aliphatic heterocycles. The zero-order valence-electron chi connectivity index (χ0n) is 14.8. The van der Waals surface area contributed by atoms with Gasteiger partial charge < -0.3 is 20.3 Å². The van der Waals surface area contributed by atoms with Crippen LogP contribution in [0.3, 0.4) is 0 Å². The summed E-state index contributed by atoms with van der Waals surface area (Å²) < 4.78 is 5.41. The molecule has 0 saturated heterocycles. The average Bonchev–Trinajstić information content (AvgIpc) is 2.66. The van der Waals surface area contributed by atoms with Gasteiger partial charge in [0, 0.05) is 5.56 Å². The van der Waals surface area contributed by atoms with Crippen molar-refractivity contribution in [2.45, 2.75) is 26.0 Å². The molecule has 1 amide bonds. The molecular formula is C20H23NO5. The van der Waals surface area contributed by atoms with E-state index in [1.807, 2.05) is 31.2 Å². The summed E-state index contributed by atoms with van der Waals surface area (Å²) in [5.41, 5.74) is 2.27. The first-order chi connectivity index (χ1) is 12.5. The summed E-state index contributed by atoms with van der Waals surface area (Å²) in [7, 11) is 0. The third-order valence-corrected chi connectivity index (χ3v) is 3.92. The van der Waals surface area contributed by atoms with E-state index in [0.717, 1.165) is 16.9 Å². The van der Waals surface area contributed by atoms with Gasteiger partial charge in [-0.05, 0) is 49.2 Å². The summed E-state index contributed by atoms with van der Waals surface area (Å²) in [6, 6.07) is 13.4. The Bertz CT molecular complexity index is 738. The molecule has 0 fully saturated rings. The fourth-order valence-electron chi connectivity index (χ4n) is 2.52. The van der Waals surface area contributed by atoms with Crippen molar-refractivity contribution in [3.05, 3.63) is 54.1 Å².